The normalized spacial score (nSPS) is 12.6. The van der Waals surface area contributed by atoms with Crippen LogP contribution in [-0.4, -0.2) is 0 Å². The number of anilines is 3. The Morgan fingerprint density at radius 1 is 0.357 bits per heavy atom. The average molecular weight is 718 g/mol. The first-order chi connectivity index (χ1) is 29.4. The maximum Gasteiger partial charge on any atom is 0.143 e. The van der Waals surface area contributed by atoms with Crippen molar-refractivity contribution in [3.63, 3.8) is 0 Å². The molecule has 11 aromatic rings. The molecule has 262 valence electrons. The van der Waals surface area contributed by atoms with Gasteiger partial charge >= 0.3 is 0 Å². The molecule has 56 heavy (non-hydrogen) atoms. The zero-order chi connectivity index (χ0) is 40.5. The molecule has 10 aromatic carbocycles. The lowest BCUT2D eigenvalue weighted by molar-refractivity contribution is 0.672. The van der Waals surface area contributed by atoms with E-state index in [1.54, 1.807) is 0 Å². The van der Waals surface area contributed by atoms with Gasteiger partial charge in [0.15, 0.2) is 0 Å². The van der Waals surface area contributed by atoms with Gasteiger partial charge in [-0.2, -0.15) is 0 Å². The third kappa shape index (κ3) is 5.34. The lowest BCUT2D eigenvalue weighted by Gasteiger charge is -2.26. The maximum atomic E-state index is 9.66. The first-order valence-corrected chi connectivity index (χ1v) is 18.8. The molecule has 2 heteroatoms. The monoisotopic (exact) mass is 717 g/mol. The Bertz CT molecular complexity index is 3440. The minimum absolute atomic E-state index is 0.106. The van der Waals surface area contributed by atoms with Crippen LogP contribution in [0.15, 0.2) is 217 Å². The summed E-state index contributed by atoms with van der Waals surface area (Å²) >= 11 is 0. The standard InChI is InChI=1S/C54H35NO/c1-4-15-45-38(10-1)13-7-18-47(45)41-24-22-36(23-25-41)37-26-31-43(32-27-37)55(44-33-28-42(29-34-44)48-19-8-14-39-11-2-5-16-46(39)48)51-20-9-21-52-53(51)50-35-30-40-12-3-6-17-49(40)54(50)56-52/h1-35H/i28D,29D,33D,34D. The number of furan rings is 1. The Labute approximate surface area is 330 Å². The molecule has 2 nitrogen and oxygen atoms in total. The molecule has 0 aliphatic heterocycles. The second-order valence-electron chi connectivity index (χ2n) is 14.2. The van der Waals surface area contributed by atoms with Gasteiger partial charge in [-0.1, -0.05) is 170 Å². The van der Waals surface area contributed by atoms with Gasteiger partial charge in [-0.15, -0.1) is 0 Å². The SMILES string of the molecule is [2H]c1c([2H])c(N(c2ccc(-c3ccc(-c4cccc5ccccc45)cc3)cc2)c2cccc3oc4c5ccccc5ccc4c23)c([2H])c([2H])c1-c1cccc2ccccc12. The fourth-order valence-corrected chi connectivity index (χ4v) is 8.23. The van der Waals surface area contributed by atoms with E-state index in [0.29, 0.717) is 22.5 Å². The number of benzene rings is 10. The van der Waals surface area contributed by atoms with Gasteiger partial charge in [0.05, 0.1) is 16.6 Å². The highest BCUT2D eigenvalue weighted by Gasteiger charge is 2.21. The van der Waals surface area contributed by atoms with Crippen molar-refractivity contribution >= 4 is 71.3 Å². The Morgan fingerprint density at radius 2 is 0.875 bits per heavy atom. The van der Waals surface area contributed by atoms with E-state index in [1.165, 1.54) is 16.3 Å². The van der Waals surface area contributed by atoms with E-state index >= 15 is 0 Å². The first-order valence-electron chi connectivity index (χ1n) is 20.8. The summed E-state index contributed by atoms with van der Waals surface area (Å²) in [5.74, 6) is 0. The van der Waals surface area contributed by atoms with Gasteiger partial charge in [0.2, 0.25) is 0 Å². The first kappa shape index (κ1) is 28.1. The smallest absolute Gasteiger partial charge is 0.143 e. The van der Waals surface area contributed by atoms with Gasteiger partial charge in [-0.25, -0.2) is 0 Å². The second kappa shape index (κ2) is 13.2. The van der Waals surface area contributed by atoms with E-state index in [4.69, 9.17) is 4.42 Å². The summed E-state index contributed by atoms with van der Waals surface area (Å²) in [4.78, 5) is 1.87. The predicted octanol–water partition coefficient (Wildman–Crippen LogP) is 15.5. The molecule has 0 atom stereocenters. The van der Waals surface area contributed by atoms with Crippen molar-refractivity contribution in [2.45, 2.75) is 0 Å². The third-order valence-corrected chi connectivity index (χ3v) is 10.9. The molecule has 0 amide bonds. The van der Waals surface area contributed by atoms with Crippen molar-refractivity contribution in [2.24, 2.45) is 0 Å². The molecule has 0 saturated carbocycles. The quantitative estimate of drug-likeness (QED) is 0.170. The molecule has 0 aliphatic rings. The highest BCUT2D eigenvalue weighted by Crippen LogP contribution is 2.45. The number of nitrogens with zero attached hydrogens (tertiary/aromatic N) is 1. The van der Waals surface area contributed by atoms with E-state index < -0.39 is 0 Å². The fraction of sp³-hybridized carbons (Fsp3) is 0. The van der Waals surface area contributed by atoms with E-state index in [-0.39, 0.29) is 35.4 Å². The Morgan fingerprint density at radius 3 is 1.54 bits per heavy atom. The summed E-state index contributed by atoms with van der Waals surface area (Å²) in [5, 5.41) is 8.02. The van der Waals surface area contributed by atoms with Gasteiger partial charge in [-0.05, 0) is 103 Å². The van der Waals surface area contributed by atoms with Crippen LogP contribution in [0.2, 0.25) is 0 Å². The van der Waals surface area contributed by atoms with Crippen molar-refractivity contribution in [2.75, 3.05) is 4.90 Å². The zero-order valence-electron chi connectivity index (χ0n) is 34.3. The van der Waals surface area contributed by atoms with Crippen molar-refractivity contribution in [1.82, 2.24) is 0 Å². The van der Waals surface area contributed by atoms with Crippen LogP contribution < -0.4 is 4.90 Å². The molecule has 0 unspecified atom stereocenters. The molecule has 0 saturated heterocycles. The van der Waals surface area contributed by atoms with Crippen molar-refractivity contribution in [3.05, 3.63) is 212 Å². The van der Waals surface area contributed by atoms with Crippen LogP contribution in [0.3, 0.4) is 0 Å². The minimum Gasteiger partial charge on any atom is -0.455 e. The highest BCUT2D eigenvalue weighted by atomic mass is 16.3. The number of hydrogen-bond acceptors (Lipinski definition) is 2. The Hall–Kier alpha value is -7.42. The van der Waals surface area contributed by atoms with E-state index in [0.717, 1.165) is 54.6 Å². The van der Waals surface area contributed by atoms with Crippen LogP contribution in [0, 0.1) is 0 Å². The summed E-state index contributed by atoms with van der Waals surface area (Å²) < 4.78 is 44.9. The predicted molar refractivity (Wildman–Crippen MR) is 237 cm³/mol. The van der Waals surface area contributed by atoms with E-state index in [2.05, 4.69) is 103 Å². The van der Waals surface area contributed by atoms with Crippen LogP contribution in [0.4, 0.5) is 17.1 Å². The minimum atomic E-state index is -0.137. The zero-order valence-corrected chi connectivity index (χ0v) is 30.3. The van der Waals surface area contributed by atoms with Gasteiger partial charge in [-0.3, -0.25) is 0 Å². The van der Waals surface area contributed by atoms with Crippen molar-refractivity contribution in [1.29, 1.82) is 0 Å². The largest absolute Gasteiger partial charge is 0.455 e. The van der Waals surface area contributed by atoms with Gasteiger partial charge in [0, 0.05) is 22.1 Å². The van der Waals surface area contributed by atoms with Crippen molar-refractivity contribution in [3.8, 4) is 33.4 Å². The van der Waals surface area contributed by atoms with Crippen LogP contribution in [-0.2, 0) is 0 Å². The molecule has 0 aliphatic carbocycles. The fourth-order valence-electron chi connectivity index (χ4n) is 8.23. The van der Waals surface area contributed by atoms with Crippen molar-refractivity contribution < 1.29 is 9.90 Å². The molecule has 0 spiro atoms. The van der Waals surface area contributed by atoms with Gasteiger partial charge in [0.1, 0.15) is 11.2 Å². The Balaban J connectivity index is 1.09. The second-order valence-corrected chi connectivity index (χ2v) is 14.2. The molecule has 0 N–H and O–H groups in total. The summed E-state index contributed by atoms with van der Waals surface area (Å²) in [6, 6.07) is 62.8. The van der Waals surface area contributed by atoms with Crippen LogP contribution >= 0.6 is 0 Å². The molecular formula is C54H35NO. The lowest BCUT2D eigenvalue weighted by Crippen LogP contribution is -2.10. The lowest BCUT2D eigenvalue weighted by atomic mass is 9.96. The van der Waals surface area contributed by atoms with Gasteiger partial charge < -0.3 is 9.32 Å². The van der Waals surface area contributed by atoms with Gasteiger partial charge in [0.25, 0.3) is 0 Å². The van der Waals surface area contributed by atoms with Crippen LogP contribution in [0.5, 0.6) is 0 Å². The van der Waals surface area contributed by atoms with E-state index in [1.807, 2.05) is 89.8 Å². The highest BCUT2D eigenvalue weighted by molar-refractivity contribution is 6.19. The number of rotatable bonds is 6. The Kier molecular flexibility index (Phi) is 6.60. The number of hydrogen-bond donors (Lipinski definition) is 0. The topological polar surface area (TPSA) is 16.4 Å². The van der Waals surface area contributed by atoms with E-state index in [9.17, 15) is 5.48 Å². The van der Waals surface area contributed by atoms with Crippen LogP contribution in [0.25, 0.3) is 87.6 Å². The molecule has 11 rings (SSSR count). The number of fused-ring (bicyclic) bond motifs is 7. The third-order valence-electron chi connectivity index (χ3n) is 10.9. The summed E-state index contributed by atoms with van der Waals surface area (Å²) in [6.07, 6.45) is 0. The average Bonchev–Trinajstić information content (AvgIpc) is 3.70. The van der Waals surface area contributed by atoms with Crippen LogP contribution in [0.1, 0.15) is 5.48 Å². The molecule has 1 heterocycles. The summed E-state index contributed by atoms with van der Waals surface area (Å²) in [7, 11) is 0. The molecule has 1 aromatic heterocycles. The molecule has 0 radical (unpaired) electrons. The molecule has 0 bridgehead atoms. The summed E-state index contributed by atoms with van der Waals surface area (Å²) in [5.41, 5.74) is 8.26. The molecular weight excluding hydrogens is 679 g/mol. The molecule has 0 fully saturated rings. The maximum absolute atomic E-state index is 9.66. The summed E-state index contributed by atoms with van der Waals surface area (Å²) in [6.45, 7) is 0.